The summed E-state index contributed by atoms with van der Waals surface area (Å²) in [5, 5.41) is 3.55. The van der Waals surface area contributed by atoms with Crippen molar-refractivity contribution in [2.45, 2.75) is 51.3 Å². The molecule has 4 heteroatoms. The van der Waals surface area contributed by atoms with E-state index in [-0.39, 0.29) is 0 Å². The zero-order valence-corrected chi connectivity index (χ0v) is 14.0. The highest BCUT2D eigenvalue weighted by Gasteiger charge is 2.25. The molecule has 0 amide bonds. The molecule has 0 aromatic rings. The number of hydrogen-bond acceptors (Lipinski definition) is 4. The van der Waals surface area contributed by atoms with E-state index in [1.807, 2.05) is 6.92 Å². The summed E-state index contributed by atoms with van der Waals surface area (Å²) < 4.78 is 5.80. The Morgan fingerprint density at radius 1 is 1.37 bits per heavy atom. The Hall–Kier alpha value is 0.230. The number of nitrogens with zero attached hydrogens (tertiary/aromatic N) is 1. The van der Waals surface area contributed by atoms with Gasteiger partial charge >= 0.3 is 0 Å². The molecule has 114 valence electrons. The van der Waals surface area contributed by atoms with E-state index >= 15 is 0 Å². The van der Waals surface area contributed by atoms with Crippen molar-refractivity contribution in [3.8, 4) is 0 Å². The molecule has 0 saturated carbocycles. The standard InChI is InChI=1S/C15H32N2OS/c1-5-18-11-6-8-16-13-14(2)17-9-7-15(3,4)19-12-10-17/h14,16H,5-13H2,1-4H3. The van der Waals surface area contributed by atoms with Gasteiger partial charge in [-0.2, -0.15) is 11.8 Å². The fraction of sp³-hybridized carbons (Fsp3) is 1.00. The monoisotopic (exact) mass is 288 g/mol. The molecule has 3 nitrogen and oxygen atoms in total. The maximum absolute atomic E-state index is 5.34. The van der Waals surface area contributed by atoms with Crippen LogP contribution in [0.1, 0.15) is 40.5 Å². The van der Waals surface area contributed by atoms with Crippen LogP contribution in [0.15, 0.2) is 0 Å². The smallest absolute Gasteiger partial charge is 0.0477 e. The summed E-state index contributed by atoms with van der Waals surface area (Å²) in [5.41, 5.74) is 0. The third-order valence-corrected chi connectivity index (χ3v) is 5.15. The van der Waals surface area contributed by atoms with Crippen molar-refractivity contribution in [3.05, 3.63) is 0 Å². The van der Waals surface area contributed by atoms with Crippen LogP contribution < -0.4 is 5.32 Å². The van der Waals surface area contributed by atoms with Crippen LogP contribution in [0.5, 0.6) is 0 Å². The second-order valence-electron chi connectivity index (χ2n) is 6.00. The third-order valence-electron chi connectivity index (χ3n) is 3.78. The molecule has 0 bridgehead atoms. The highest BCUT2D eigenvalue weighted by atomic mass is 32.2. The summed E-state index contributed by atoms with van der Waals surface area (Å²) in [6.07, 6.45) is 2.41. The van der Waals surface area contributed by atoms with Gasteiger partial charge in [0, 0.05) is 42.8 Å². The van der Waals surface area contributed by atoms with E-state index in [1.165, 1.54) is 25.3 Å². The van der Waals surface area contributed by atoms with Crippen LogP contribution in [0.25, 0.3) is 0 Å². The molecule has 19 heavy (non-hydrogen) atoms. The fourth-order valence-corrected chi connectivity index (χ4v) is 3.47. The van der Waals surface area contributed by atoms with E-state index in [1.54, 1.807) is 0 Å². The van der Waals surface area contributed by atoms with Gasteiger partial charge in [0.15, 0.2) is 0 Å². The largest absolute Gasteiger partial charge is 0.382 e. The Labute approximate surface area is 123 Å². The van der Waals surface area contributed by atoms with Crippen LogP contribution in [0.4, 0.5) is 0 Å². The van der Waals surface area contributed by atoms with Crippen LogP contribution in [0.2, 0.25) is 0 Å². The van der Waals surface area contributed by atoms with Gasteiger partial charge in [-0.3, -0.25) is 4.90 Å². The van der Waals surface area contributed by atoms with E-state index in [9.17, 15) is 0 Å². The molecule has 1 aliphatic heterocycles. The first-order valence-corrected chi connectivity index (χ1v) is 8.70. The van der Waals surface area contributed by atoms with E-state index in [2.05, 4.69) is 42.7 Å². The normalized spacial score (nSPS) is 22.1. The van der Waals surface area contributed by atoms with E-state index in [0.717, 1.165) is 32.7 Å². The molecular weight excluding hydrogens is 256 g/mol. The summed E-state index contributed by atoms with van der Waals surface area (Å²) in [4.78, 5) is 2.64. The SMILES string of the molecule is CCOCCCNCC(C)N1CCSC(C)(C)CC1. The second-order valence-corrected chi connectivity index (χ2v) is 7.80. The molecule has 0 radical (unpaired) electrons. The summed E-state index contributed by atoms with van der Waals surface area (Å²) >= 11 is 2.12. The molecule has 1 N–H and O–H groups in total. The Bertz CT molecular complexity index is 236. The number of nitrogens with one attached hydrogen (secondary N) is 1. The Morgan fingerprint density at radius 3 is 2.89 bits per heavy atom. The first-order chi connectivity index (χ1) is 9.05. The lowest BCUT2D eigenvalue weighted by Gasteiger charge is -2.28. The van der Waals surface area contributed by atoms with Gasteiger partial charge in [-0.1, -0.05) is 13.8 Å². The predicted molar refractivity (Wildman–Crippen MR) is 86.2 cm³/mol. The predicted octanol–water partition coefficient (Wildman–Crippen LogP) is 2.61. The van der Waals surface area contributed by atoms with Crippen molar-refractivity contribution in [1.82, 2.24) is 10.2 Å². The van der Waals surface area contributed by atoms with Crippen LogP contribution in [0, 0.1) is 0 Å². The van der Waals surface area contributed by atoms with Crippen molar-refractivity contribution in [1.29, 1.82) is 0 Å². The number of ether oxygens (including phenoxy) is 1. The molecule has 0 aromatic carbocycles. The molecule has 1 rings (SSSR count). The first kappa shape index (κ1) is 17.3. The topological polar surface area (TPSA) is 24.5 Å². The van der Waals surface area contributed by atoms with Crippen molar-refractivity contribution in [3.63, 3.8) is 0 Å². The van der Waals surface area contributed by atoms with Gasteiger partial charge in [-0.25, -0.2) is 0 Å². The van der Waals surface area contributed by atoms with Crippen molar-refractivity contribution in [2.24, 2.45) is 0 Å². The lowest BCUT2D eigenvalue weighted by molar-refractivity contribution is 0.143. The highest BCUT2D eigenvalue weighted by molar-refractivity contribution is 8.00. The van der Waals surface area contributed by atoms with Gasteiger partial charge in [-0.15, -0.1) is 0 Å². The van der Waals surface area contributed by atoms with Crippen LogP contribution in [0.3, 0.4) is 0 Å². The maximum atomic E-state index is 5.34. The lowest BCUT2D eigenvalue weighted by Crippen LogP contribution is -2.42. The average molecular weight is 289 g/mol. The molecule has 1 aliphatic rings. The van der Waals surface area contributed by atoms with Gasteiger partial charge in [0.05, 0.1) is 0 Å². The molecule has 0 aromatic heterocycles. The van der Waals surface area contributed by atoms with E-state index in [4.69, 9.17) is 4.74 Å². The number of thioether (sulfide) groups is 1. The van der Waals surface area contributed by atoms with Crippen LogP contribution >= 0.6 is 11.8 Å². The highest BCUT2D eigenvalue weighted by Crippen LogP contribution is 2.31. The van der Waals surface area contributed by atoms with E-state index < -0.39 is 0 Å². The van der Waals surface area contributed by atoms with Crippen molar-refractivity contribution >= 4 is 11.8 Å². The summed E-state index contributed by atoms with van der Waals surface area (Å²) in [5.74, 6) is 1.27. The van der Waals surface area contributed by atoms with Gasteiger partial charge in [0.2, 0.25) is 0 Å². The maximum Gasteiger partial charge on any atom is 0.0477 e. The molecule has 1 unspecified atom stereocenters. The first-order valence-electron chi connectivity index (χ1n) is 7.71. The number of hydrogen-bond donors (Lipinski definition) is 1. The minimum absolute atomic E-state index is 0.458. The van der Waals surface area contributed by atoms with E-state index in [0.29, 0.717) is 10.8 Å². The summed E-state index contributed by atoms with van der Waals surface area (Å²) in [6, 6.07) is 0.640. The van der Waals surface area contributed by atoms with Crippen LogP contribution in [-0.2, 0) is 4.74 Å². The molecule has 1 heterocycles. The molecular formula is C15H32N2OS. The molecule has 1 atom stereocenters. The average Bonchev–Trinajstić information content (AvgIpc) is 2.54. The van der Waals surface area contributed by atoms with Gasteiger partial charge in [0.25, 0.3) is 0 Å². The lowest BCUT2D eigenvalue weighted by atomic mass is 10.1. The molecule has 1 saturated heterocycles. The molecule has 1 fully saturated rings. The summed E-state index contributed by atoms with van der Waals surface area (Å²) in [7, 11) is 0. The second kappa shape index (κ2) is 9.22. The Kier molecular flexibility index (Phi) is 8.38. The Morgan fingerprint density at radius 2 is 2.16 bits per heavy atom. The zero-order valence-electron chi connectivity index (χ0n) is 13.2. The van der Waals surface area contributed by atoms with Gasteiger partial charge in [0.1, 0.15) is 0 Å². The van der Waals surface area contributed by atoms with Gasteiger partial charge < -0.3 is 10.1 Å². The zero-order chi connectivity index (χ0) is 14.1. The fourth-order valence-electron chi connectivity index (χ4n) is 2.36. The minimum Gasteiger partial charge on any atom is -0.382 e. The van der Waals surface area contributed by atoms with Crippen molar-refractivity contribution < 1.29 is 4.74 Å². The summed E-state index contributed by atoms with van der Waals surface area (Å²) in [6.45, 7) is 15.5. The number of rotatable bonds is 8. The minimum atomic E-state index is 0.458. The molecule has 0 spiro atoms. The van der Waals surface area contributed by atoms with Crippen LogP contribution in [-0.4, -0.2) is 60.8 Å². The third kappa shape index (κ3) is 7.54. The Balaban J connectivity index is 2.13. The van der Waals surface area contributed by atoms with Crippen molar-refractivity contribution in [2.75, 3.05) is 45.1 Å². The molecule has 0 aliphatic carbocycles. The van der Waals surface area contributed by atoms with Gasteiger partial charge in [-0.05, 0) is 39.8 Å². The quantitative estimate of drug-likeness (QED) is 0.694.